The molecule has 4 rings (SSSR count). The van der Waals surface area contributed by atoms with Crippen molar-refractivity contribution in [2.24, 2.45) is 0 Å². The zero-order chi connectivity index (χ0) is 21.1. The second kappa shape index (κ2) is 8.96. The number of nitrogens with one attached hydrogen (secondary N) is 1. The Morgan fingerprint density at radius 1 is 1.13 bits per heavy atom. The number of para-hydroxylation sites is 1. The smallest absolute Gasteiger partial charge is 0.255 e. The molecule has 1 fully saturated rings. The van der Waals surface area contributed by atoms with E-state index in [2.05, 4.69) is 23.2 Å². The number of rotatable bonds is 5. The van der Waals surface area contributed by atoms with Crippen molar-refractivity contribution in [2.45, 2.75) is 23.7 Å². The lowest BCUT2D eigenvalue weighted by atomic mass is 9.94. The van der Waals surface area contributed by atoms with Gasteiger partial charge in [0.15, 0.2) is 0 Å². The van der Waals surface area contributed by atoms with Crippen LogP contribution in [0.5, 0.6) is 0 Å². The fourth-order valence-electron chi connectivity index (χ4n) is 3.94. The molecule has 0 spiro atoms. The molecule has 1 aromatic heterocycles. The number of hydrogen-bond donors (Lipinski definition) is 1. The number of carbonyl (C=O) groups is 2. The number of H-pyrrole nitrogens is 1. The number of aromatic nitrogens is 1. The lowest BCUT2D eigenvalue weighted by Gasteiger charge is -2.33. The SMILES string of the molecule is CN(C)C(=O)CSc1ccccc1C(=O)N1CCC[C@H](c2cc3ccccc3[nH]2)C1. The standard InChI is InChI=1S/C24H27N3O2S/c1-26(2)23(28)16-30-22-12-6-4-10-19(22)24(29)27-13-7-9-18(15-27)21-14-17-8-3-5-11-20(17)25-21/h3-6,8,10-12,14,18,25H,7,9,13,15-16H2,1-2H3/t18-/m0/s1. The van der Waals surface area contributed by atoms with Gasteiger partial charge in [0.1, 0.15) is 0 Å². The van der Waals surface area contributed by atoms with Crippen molar-refractivity contribution < 1.29 is 9.59 Å². The van der Waals surface area contributed by atoms with Crippen LogP contribution < -0.4 is 0 Å². The van der Waals surface area contributed by atoms with E-state index in [0.717, 1.165) is 29.8 Å². The van der Waals surface area contributed by atoms with Crippen LogP contribution in [0.2, 0.25) is 0 Å². The highest BCUT2D eigenvalue weighted by molar-refractivity contribution is 8.00. The first kappa shape index (κ1) is 20.5. The Morgan fingerprint density at radius 2 is 1.90 bits per heavy atom. The van der Waals surface area contributed by atoms with Crippen molar-refractivity contribution in [1.82, 2.24) is 14.8 Å². The van der Waals surface area contributed by atoms with Gasteiger partial charge in [-0.25, -0.2) is 0 Å². The van der Waals surface area contributed by atoms with Gasteiger partial charge in [-0.1, -0.05) is 30.3 Å². The number of fused-ring (bicyclic) bond motifs is 1. The third-order valence-corrected chi connectivity index (χ3v) is 6.72. The summed E-state index contributed by atoms with van der Waals surface area (Å²) >= 11 is 1.43. The summed E-state index contributed by atoms with van der Waals surface area (Å²) in [5.41, 5.74) is 3.03. The van der Waals surface area contributed by atoms with Gasteiger partial charge < -0.3 is 14.8 Å². The van der Waals surface area contributed by atoms with Crippen LogP contribution in [0.4, 0.5) is 0 Å². The van der Waals surface area contributed by atoms with Gasteiger partial charge in [0.2, 0.25) is 5.91 Å². The van der Waals surface area contributed by atoms with E-state index in [-0.39, 0.29) is 11.8 Å². The van der Waals surface area contributed by atoms with E-state index >= 15 is 0 Å². The van der Waals surface area contributed by atoms with Gasteiger partial charge in [-0.15, -0.1) is 11.8 Å². The van der Waals surface area contributed by atoms with E-state index in [4.69, 9.17) is 0 Å². The van der Waals surface area contributed by atoms with Gasteiger partial charge in [-0.2, -0.15) is 0 Å². The largest absolute Gasteiger partial charge is 0.358 e. The molecule has 6 heteroatoms. The normalized spacial score (nSPS) is 16.6. The summed E-state index contributed by atoms with van der Waals surface area (Å²) in [5, 5.41) is 1.21. The maximum Gasteiger partial charge on any atom is 0.255 e. The number of nitrogens with zero attached hydrogens (tertiary/aromatic N) is 2. The molecule has 1 aliphatic heterocycles. The van der Waals surface area contributed by atoms with Crippen molar-refractivity contribution in [3.63, 3.8) is 0 Å². The molecule has 0 bridgehead atoms. The molecule has 0 unspecified atom stereocenters. The first-order valence-electron chi connectivity index (χ1n) is 10.3. The highest BCUT2D eigenvalue weighted by Gasteiger charge is 2.27. The van der Waals surface area contributed by atoms with Crippen LogP contribution in [0.3, 0.4) is 0 Å². The van der Waals surface area contributed by atoms with Gasteiger partial charge >= 0.3 is 0 Å². The number of likely N-dealkylation sites (tertiary alicyclic amines) is 1. The Kier molecular flexibility index (Phi) is 6.13. The molecule has 1 aliphatic rings. The summed E-state index contributed by atoms with van der Waals surface area (Å²) in [6, 6.07) is 18.1. The Labute approximate surface area is 181 Å². The van der Waals surface area contributed by atoms with Crippen molar-refractivity contribution in [3.8, 4) is 0 Å². The number of aromatic amines is 1. The fourth-order valence-corrected chi connectivity index (χ4v) is 4.96. The summed E-state index contributed by atoms with van der Waals surface area (Å²) in [7, 11) is 3.50. The summed E-state index contributed by atoms with van der Waals surface area (Å²) in [6.07, 6.45) is 2.06. The highest BCUT2D eigenvalue weighted by Crippen LogP contribution is 2.31. The first-order chi connectivity index (χ1) is 14.5. The molecule has 0 radical (unpaired) electrons. The second-order valence-electron chi connectivity index (χ2n) is 7.98. The van der Waals surface area contributed by atoms with Crippen LogP contribution in [-0.4, -0.2) is 59.5 Å². The Balaban J connectivity index is 1.50. The van der Waals surface area contributed by atoms with Gasteiger partial charge in [0.25, 0.3) is 5.91 Å². The lowest BCUT2D eigenvalue weighted by molar-refractivity contribution is -0.125. The minimum atomic E-state index is 0.0408. The van der Waals surface area contributed by atoms with Crippen LogP contribution in [0.25, 0.3) is 10.9 Å². The number of hydrogen-bond acceptors (Lipinski definition) is 3. The number of amides is 2. The Hall–Kier alpha value is -2.73. The van der Waals surface area contributed by atoms with Crippen LogP contribution >= 0.6 is 11.8 Å². The predicted molar refractivity (Wildman–Crippen MR) is 122 cm³/mol. The molecule has 3 aromatic rings. The van der Waals surface area contributed by atoms with Gasteiger partial charge in [-0.05, 0) is 42.5 Å². The van der Waals surface area contributed by atoms with Gasteiger partial charge in [-0.3, -0.25) is 9.59 Å². The molecule has 1 atom stereocenters. The molecule has 0 saturated carbocycles. The maximum absolute atomic E-state index is 13.4. The Morgan fingerprint density at radius 3 is 2.70 bits per heavy atom. The highest BCUT2D eigenvalue weighted by atomic mass is 32.2. The number of carbonyl (C=O) groups excluding carboxylic acids is 2. The summed E-state index contributed by atoms with van der Waals surface area (Å²) in [4.78, 5) is 33.3. The topological polar surface area (TPSA) is 56.4 Å². The third kappa shape index (κ3) is 4.38. The zero-order valence-corrected chi connectivity index (χ0v) is 18.2. The van der Waals surface area contributed by atoms with Crippen molar-refractivity contribution >= 4 is 34.5 Å². The summed E-state index contributed by atoms with van der Waals surface area (Å²) in [5.74, 6) is 0.732. The van der Waals surface area contributed by atoms with Crippen LogP contribution in [-0.2, 0) is 4.79 Å². The molecular weight excluding hydrogens is 394 g/mol. The average Bonchev–Trinajstić information content (AvgIpc) is 3.21. The number of benzene rings is 2. The summed E-state index contributed by atoms with van der Waals surface area (Å²) in [6.45, 7) is 1.48. The molecule has 5 nitrogen and oxygen atoms in total. The number of piperidine rings is 1. The maximum atomic E-state index is 13.4. The molecule has 30 heavy (non-hydrogen) atoms. The first-order valence-corrected chi connectivity index (χ1v) is 11.3. The van der Waals surface area contributed by atoms with E-state index in [1.807, 2.05) is 41.3 Å². The van der Waals surface area contributed by atoms with Crippen LogP contribution in [0.15, 0.2) is 59.5 Å². The minimum absolute atomic E-state index is 0.0408. The van der Waals surface area contributed by atoms with Crippen molar-refractivity contribution in [1.29, 1.82) is 0 Å². The second-order valence-corrected chi connectivity index (χ2v) is 8.99. The molecule has 1 saturated heterocycles. The molecular formula is C24H27N3O2S. The van der Waals surface area contributed by atoms with E-state index in [0.29, 0.717) is 23.8 Å². The molecule has 2 amide bonds. The van der Waals surface area contributed by atoms with E-state index < -0.39 is 0 Å². The molecule has 2 heterocycles. The Bertz CT molecular complexity index is 1030. The average molecular weight is 422 g/mol. The van der Waals surface area contributed by atoms with Crippen LogP contribution in [0, 0.1) is 0 Å². The van der Waals surface area contributed by atoms with E-state index in [1.54, 1.807) is 19.0 Å². The monoisotopic (exact) mass is 421 g/mol. The fraction of sp³-hybridized carbons (Fsp3) is 0.333. The zero-order valence-electron chi connectivity index (χ0n) is 17.4. The lowest BCUT2D eigenvalue weighted by Crippen LogP contribution is -2.39. The van der Waals surface area contributed by atoms with Gasteiger partial charge in [0, 0.05) is 49.2 Å². The summed E-state index contributed by atoms with van der Waals surface area (Å²) < 4.78 is 0. The quantitative estimate of drug-likeness (QED) is 0.623. The molecule has 0 aliphatic carbocycles. The molecule has 2 aromatic carbocycles. The predicted octanol–water partition coefficient (Wildman–Crippen LogP) is 4.37. The molecule has 156 valence electrons. The van der Waals surface area contributed by atoms with Crippen molar-refractivity contribution in [3.05, 3.63) is 65.9 Å². The van der Waals surface area contributed by atoms with E-state index in [1.165, 1.54) is 22.8 Å². The number of thioether (sulfide) groups is 1. The van der Waals surface area contributed by atoms with Gasteiger partial charge in [0.05, 0.1) is 11.3 Å². The van der Waals surface area contributed by atoms with Crippen molar-refractivity contribution in [2.75, 3.05) is 32.9 Å². The molecule has 1 N–H and O–H groups in total. The van der Waals surface area contributed by atoms with Crippen LogP contribution in [0.1, 0.15) is 34.8 Å². The minimum Gasteiger partial charge on any atom is -0.358 e. The third-order valence-electron chi connectivity index (χ3n) is 5.67. The van der Waals surface area contributed by atoms with E-state index in [9.17, 15) is 9.59 Å².